The van der Waals surface area contributed by atoms with Gasteiger partial charge in [0.05, 0.1) is 11.0 Å². The second-order valence-electron chi connectivity index (χ2n) is 8.72. The number of hydrogen-bond acceptors (Lipinski definition) is 7. The number of carbonyl (C=O) groups is 3. The van der Waals surface area contributed by atoms with E-state index >= 15 is 0 Å². The fourth-order valence-corrected chi connectivity index (χ4v) is 6.35. The Morgan fingerprint density at radius 1 is 0.889 bits per heavy atom. The van der Waals surface area contributed by atoms with Gasteiger partial charge in [0.2, 0.25) is 0 Å². The smallest absolute Gasteiger partial charge is 0.334 e. The van der Waals surface area contributed by atoms with Crippen molar-refractivity contribution in [3.05, 3.63) is 95.6 Å². The maximum absolute atomic E-state index is 12.2. The zero-order valence-corrected chi connectivity index (χ0v) is 21.3. The number of fused-ring (bicyclic) bond motifs is 2. The molecule has 2 aliphatic rings. The number of amides is 2. The van der Waals surface area contributed by atoms with Crippen LogP contribution >= 0.6 is 24.4 Å². The molecule has 1 unspecified atom stereocenters. The molecule has 36 heavy (non-hydrogen) atoms. The van der Waals surface area contributed by atoms with Gasteiger partial charge in [0.25, 0.3) is 11.8 Å². The highest BCUT2D eigenvalue weighted by Gasteiger charge is 2.35. The van der Waals surface area contributed by atoms with Gasteiger partial charge in [-0.05, 0) is 28.8 Å². The molecule has 0 bridgehead atoms. The number of hydrogen-bond donors (Lipinski definition) is 1. The third kappa shape index (κ3) is 5.01. The molecule has 3 aromatic rings. The van der Waals surface area contributed by atoms with E-state index in [0.29, 0.717) is 10.8 Å². The highest BCUT2D eigenvalue weighted by Crippen LogP contribution is 2.50. The van der Waals surface area contributed by atoms with Gasteiger partial charge in [0.15, 0.2) is 0 Å². The molecular formula is C28H26N2O4S2. The van der Waals surface area contributed by atoms with Crippen molar-refractivity contribution in [3.8, 4) is 0 Å². The Hall–Kier alpha value is -3.23. The van der Waals surface area contributed by atoms with Crippen LogP contribution in [0.3, 0.4) is 0 Å². The lowest BCUT2D eigenvalue weighted by Crippen LogP contribution is -2.32. The van der Waals surface area contributed by atoms with Crippen LogP contribution in [0.2, 0.25) is 0 Å². The number of para-hydroxylation sites is 2. The molecule has 0 radical (unpaired) electrons. The molecule has 2 heterocycles. The first-order chi connectivity index (χ1) is 17.5. The van der Waals surface area contributed by atoms with Crippen molar-refractivity contribution in [3.63, 3.8) is 0 Å². The first-order valence-corrected chi connectivity index (χ1v) is 13.4. The molecule has 0 spiro atoms. The van der Waals surface area contributed by atoms with Crippen LogP contribution in [0.5, 0.6) is 0 Å². The Balaban J connectivity index is 1.32. The molecule has 1 saturated heterocycles. The predicted octanol–water partition coefficient (Wildman–Crippen LogP) is 5.46. The van der Waals surface area contributed by atoms with E-state index in [1.54, 1.807) is 11.8 Å². The molecule has 0 saturated carbocycles. The molecule has 0 aliphatic carbocycles. The highest BCUT2D eigenvalue weighted by molar-refractivity contribution is 8.10. The predicted molar refractivity (Wildman–Crippen MR) is 144 cm³/mol. The van der Waals surface area contributed by atoms with Gasteiger partial charge in [0.1, 0.15) is 0 Å². The molecular weight excluding hydrogens is 492 g/mol. The zero-order valence-electron chi connectivity index (χ0n) is 19.6. The third-order valence-corrected chi connectivity index (χ3v) is 8.19. The quantitative estimate of drug-likeness (QED) is 0.243. The van der Waals surface area contributed by atoms with Gasteiger partial charge in [0, 0.05) is 42.4 Å². The van der Waals surface area contributed by atoms with Crippen LogP contribution in [-0.4, -0.2) is 33.2 Å². The van der Waals surface area contributed by atoms with Crippen molar-refractivity contribution in [1.82, 2.24) is 5.06 Å². The topological polar surface area (TPSA) is 66.9 Å². The van der Waals surface area contributed by atoms with Gasteiger partial charge < -0.3 is 9.74 Å². The number of thiol groups is 1. The lowest BCUT2D eigenvalue weighted by molar-refractivity contribution is -0.197. The van der Waals surface area contributed by atoms with E-state index in [9.17, 15) is 14.4 Å². The maximum atomic E-state index is 12.2. The number of rotatable bonds is 8. The molecule has 3 aromatic carbocycles. The Labute approximate surface area is 220 Å². The van der Waals surface area contributed by atoms with Crippen LogP contribution < -0.4 is 4.90 Å². The van der Waals surface area contributed by atoms with Gasteiger partial charge in [-0.1, -0.05) is 66.7 Å². The van der Waals surface area contributed by atoms with Crippen LogP contribution in [0.1, 0.15) is 41.9 Å². The van der Waals surface area contributed by atoms with Gasteiger partial charge in [-0.25, -0.2) is 4.79 Å². The van der Waals surface area contributed by atoms with E-state index < -0.39 is 17.8 Å². The number of imide groups is 1. The van der Waals surface area contributed by atoms with E-state index in [1.807, 2.05) is 18.2 Å². The summed E-state index contributed by atoms with van der Waals surface area (Å²) in [5, 5.41) is 0.597. The van der Waals surface area contributed by atoms with Crippen LogP contribution in [0.15, 0.2) is 78.9 Å². The third-order valence-electron chi connectivity index (χ3n) is 6.39. The van der Waals surface area contributed by atoms with Crippen molar-refractivity contribution in [1.29, 1.82) is 0 Å². The summed E-state index contributed by atoms with van der Waals surface area (Å²) in [7, 11) is 0. The van der Waals surface area contributed by atoms with Crippen molar-refractivity contribution in [2.75, 3.05) is 10.7 Å². The summed E-state index contributed by atoms with van der Waals surface area (Å²) in [6, 6.07) is 27.2. The minimum absolute atomic E-state index is 0.0236. The van der Waals surface area contributed by atoms with Gasteiger partial charge in [-0.2, -0.15) is 12.6 Å². The summed E-state index contributed by atoms with van der Waals surface area (Å²) in [5.74, 6) is -1.05. The monoisotopic (exact) mass is 518 g/mol. The Bertz CT molecular complexity index is 1220. The van der Waals surface area contributed by atoms with Crippen molar-refractivity contribution in [2.45, 2.75) is 36.3 Å². The standard InChI is InChI=1S/C28H26N2O4S2/c31-24-14-15-25(32)30(24)34-26(33)16-17-36-28(35)27-20-10-4-6-12-22(20)29(18-19-8-2-1-3-9-19)23-13-7-5-11-21(23)27/h1-13,27-28,35H,14-18H2. The fraction of sp³-hybridized carbons (Fsp3) is 0.250. The molecule has 5 rings (SSSR count). The van der Waals surface area contributed by atoms with Gasteiger partial charge in [-0.15, -0.1) is 16.8 Å². The summed E-state index contributed by atoms with van der Waals surface area (Å²) in [5.41, 5.74) is 5.90. The number of anilines is 2. The van der Waals surface area contributed by atoms with Crippen LogP contribution in [0.25, 0.3) is 0 Å². The fourth-order valence-electron chi connectivity index (χ4n) is 4.70. The van der Waals surface area contributed by atoms with Crippen LogP contribution in [-0.2, 0) is 25.8 Å². The average molecular weight is 519 g/mol. The van der Waals surface area contributed by atoms with E-state index in [0.717, 1.165) is 17.9 Å². The number of nitrogens with zero attached hydrogens (tertiary/aromatic N) is 2. The summed E-state index contributed by atoms with van der Waals surface area (Å²) in [6.07, 6.45) is 0.248. The Kier molecular flexibility index (Phi) is 7.34. The minimum atomic E-state index is -0.592. The second kappa shape index (κ2) is 10.8. The number of thioether (sulfide) groups is 1. The minimum Gasteiger partial charge on any atom is -0.336 e. The molecule has 2 aliphatic heterocycles. The molecule has 8 heteroatoms. The van der Waals surface area contributed by atoms with E-state index in [2.05, 4.69) is 65.6 Å². The average Bonchev–Trinajstić information content (AvgIpc) is 3.21. The lowest BCUT2D eigenvalue weighted by atomic mass is 9.85. The summed E-state index contributed by atoms with van der Waals surface area (Å²) < 4.78 is -0.117. The molecule has 0 aromatic heterocycles. The van der Waals surface area contributed by atoms with E-state index in [4.69, 9.17) is 17.5 Å². The number of carbonyl (C=O) groups excluding carboxylic acids is 3. The van der Waals surface area contributed by atoms with Crippen LogP contribution in [0, 0.1) is 0 Å². The summed E-state index contributed by atoms with van der Waals surface area (Å²) in [6.45, 7) is 0.756. The first kappa shape index (κ1) is 24.5. The first-order valence-electron chi connectivity index (χ1n) is 11.9. The summed E-state index contributed by atoms with van der Waals surface area (Å²) >= 11 is 6.53. The molecule has 1 atom stereocenters. The normalized spacial score (nSPS) is 16.0. The van der Waals surface area contributed by atoms with Gasteiger partial charge >= 0.3 is 5.97 Å². The van der Waals surface area contributed by atoms with E-state index in [-0.39, 0.29) is 29.8 Å². The largest absolute Gasteiger partial charge is 0.336 e. The van der Waals surface area contributed by atoms with Crippen molar-refractivity contribution >= 4 is 53.5 Å². The Morgan fingerprint density at radius 3 is 2.06 bits per heavy atom. The molecule has 6 nitrogen and oxygen atoms in total. The molecule has 184 valence electrons. The second-order valence-corrected chi connectivity index (χ2v) is 10.9. The maximum Gasteiger partial charge on any atom is 0.334 e. The number of hydroxylamine groups is 2. The van der Waals surface area contributed by atoms with E-state index in [1.165, 1.54) is 16.7 Å². The van der Waals surface area contributed by atoms with Crippen LogP contribution in [0.4, 0.5) is 11.4 Å². The molecule has 0 N–H and O–H groups in total. The lowest BCUT2D eigenvalue weighted by Gasteiger charge is -2.39. The molecule has 1 fully saturated rings. The van der Waals surface area contributed by atoms with Crippen molar-refractivity contribution in [2.24, 2.45) is 0 Å². The highest BCUT2D eigenvalue weighted by atomic mass is 32.2. The van der Waals surface area contributed by atoms with Gasteiger partial charge in [-0.3, -0.25) is 9.59 Å². The summed E-state index contributed by atoms with van der Waals surface area (Å²) in [4.78, 5) is 43.0. The zero-order chi connectivity index (χ0) is 25.1. The Morgan fingerprint density at radius 2 is 1.44 bits per heavy atom. The van der Waals surface area contributed by atoms with Crippen molar-refractivity contribution < 1.29 is 19.2 Å². The SMILES string of the molecule is O=C(CCSC(S)C1c2ccccc2N(Cc2ccccc2)c2ccccc21)ON1C(=O)CCC1=O. The molecule has 2 amide bonds. The number of benzene rings is 3.